The molecule has 4 heteroatoms. The standard InChI is InChI=1S/C12H20N4/c1-8(9-3-2-4-9)16-12(10-5-6-10)11(7-13)14-15-16/h8-10H,2-7,13H2,1H3. The molecule has 1 aromatic heterocycles. The van der Waals surface area contributed by atoms with Crippen LogP contribution in [0.25, 0.3) is 0 Å². The molecule has 16 heavy (non-hydrogen) atoms. The second-order valence-electron chi connectivity index (χ2n) is 5.28. The zero-order chi connectivity index (χ0) is 11.1. The molecule has 0 spiro atoms. The van der Waals surface area contributed by atoms with Crippen LogP contribution < -0.4 is 5.73 Å². The molecule has 4 nitrogen and oxygen atoms in total. The van der Waals surface area contributed by atoms with Crippen molar-refractivity contribution in [3.05, 3.63) is 11.4 Å². The van der Waals surface area contributed by atoms with E-state index in [-0.39, 0.29) is 0 Å². The van der Waals surface area contributed by atoms with Crippen molar-refractivity contribution in [1.82, 2.24) is 15.0 Å². The highest BCUT2D eigenvalue weighted by molar-refractivity contribution is 5.21. The zero-order valence-electron chi connectivity index (χ0n) is 9.89. The number of aromatic nitrogens is 3. The summed E-state index contributed by atoms with van der Waals surface area (Å²) in [7, 11) is 0. The van der Waals surface area contributed by atoms with Gasteiger partial charge in [-0.3, -0.25) is 0 Å². The Balaban J connectivity index is 1.89. The lowest BCUT2D eigenvalue weighted by molar-refractivity contribution is 0.205. The molecule has 2 aliphatic carbocycles. The third-order valence-corrected chi connectivity index (χ3v) is 4.18. The molecule has 1 unspecified atom stereocenters. The molecule has 2 fully saturated rings. The highest BCUT2D eigenvalue weighted by Crippen LogP contribution is 2.44. The van der Waals surface area contributed by atoms with E-state index in [0.29, 0.717) is 18.5 Å². The number of rotatable bonds is 4. The van der Waals surface area contributed by atoms with Crippen LogP contribution >= 0.6 is 0 Å². The Hall–Kier alpha value is -0.900. The first-order chi connectivity index (χ1) is 7.81. The first-order valence-corrected chi connectivity index (χ1v) is 6.45. The van der Waals surface area contributed by atoms with Gasteiger partial charge in [0.05, 0.1) is 17.4 Å². The molecule has 0 aliphatic heterocycles. The van der Waals surface area contributed by atoms with Gasteiger partial charge in [-0.1, -0.05) is 11.6 Å². The molecule has 2 N–H and O–H groups in total. The second-order valence-corrected chi connectivity index (χ2v) is 5.28. The van der Waals surface area contributed by atoms with E-state index >= 15 is 0 Å². The summed E-state index contributed by atoms with van der Waals surface area (Å²) in [4.78, 5) is 0. The van der Waals surface area contributed by atoms with Gasteiger partial charge >= 0.3 is 0 Å². The summed E-state index contributed by atoms with van der Waals surface area (Å²) in [6.07, 6.45) is 6.66. The first-order valence-electron chi connectivity index (χ1n) is 6.45. The number of nitrogens with two attached hydrogens (primary N) is 1. The minimum absolute atomic E-state index is 0.511. The normalized spacial score (nSPS) is 23.1. The summed E-state index contributed by atoms with van der Waals surface area (Å²) in [5, 5.41) is 8.58. The summed E-state index contributed by atoms with van der Waals surface area (Å²) in [6, 6.07) is 0.511. The Labute approximate surface area is 96.2 Å². The molecule has 0 bridgehead atoms. The molecule has 0 radical (unpaired) electrons. The van der Waals surface area contributed by atoms with E-state index in [1.165, 1.54) is 37.8 Å². The van der Waals surface area contributed by atoms with Gasteiger partial charge in [-0.05, 0) is 38.5 Å². The minimum Gasteiger partial charge on any atom is -0.325 e. The maximum Gasteiger partial charge on any atom is 0.0997 e. The van der Waals surface area contributed by atoms with Gasteiger partial charge in [-0.25, -0.2) is 4.68 Å². The van der Waals surface area contributed by atoms with Crippen molar-refractivity contribution in [3.8, 4) is 0 Å². The molecule has 88 valence electrons. The van der Waals surface area contributed by atoms with E-state index < -0.39 is 0 Å². The van der Waals surface area contributed by atoms with E-state index in [9.17, 15) is 0 Å². The third kappa shape index (κ3) is 1.56. The monoisotopic (exact) mass is 220 g/mol. The van der Waals surface area contributed by atoms with Crippen LogP contribution in [0.5, 0.6) is 0 Å². The van der Waals surface area contributed by atoms with Crippen molar-refractivity contribution in [2.24, 2.45) is 11.7 Å². The predicted molar refractivity (Wildman–Crippen MR) is 61.9 cm³/mol. The fourth-order valence-corrected chi connectivity index (χ4v) is 2.68. The average molecular weight is 220 g/mol. The van der Waals surface area contributed by atoms with Gasteiger partial charge in [0.25, 0.3) is 0 Å². The quantitative estimate of drug-likeness (QED) is 0.844. The van der Waals surface area contributed by atoms with Gasteiger partial charge in [-0.2, -0.15) is 0 Å². The van der Waals surface area contributed by atoms with Crippen LogP contribution in [0, 0.1) is 5.92 Å². The van der Waals surface area contributed by atoms with Crippen LogP contribution in [0.1, 0.15) is 62.4 Å². The summed E-state index contributed by atoms with van der Waals surface area (Å²) in [5.74, 6) is 1.50. The van der Waals surface area contributed by atoms with Crippen LogP contribution in [0.4, 0.5) is 0 Å². The fourth-order valence-electron chi connectivity index (χ4n) is 2.68. The molecular formula is C12H20N4. The fraction of sp³-hybridized carbons (Fsp3) is 0.833. The molecule has 0 aromatic carbocycles. The van der Waals surface area contributed by atoms with Crippen LogP contribution in [-0.4, -0.2) is 15.0 Å². The van der Waals surface area contributed by atoms with Crippen LogP contribution in [0.3, 0.4) is 0 Å². The van der Waals surface area contributed by atoms with Gasteiger partial charge in [0.2, 0.25) is 0 Å². The van der Waals surface area contributed by atoms with E-state index in [0.717, 1.165) is 11.6 Å². The molecule has 1 atom stereocenters. The minimum atomic E-state index is 0.511. The smallest absolute Gasteiger partial charge is 0.0997 e. The van der Waals surface area contributed by atoms with Gasteiger partial charge in [-0.15, -0.1) is 5.10 Å². The van der Waals surface area contributed by atoms with Crippen molar-refractivity contribution in [3.63, 3.8) is 0 Å². The summed E-state index contributed by atoms with van der Waals surface area (Å²) in [5.41, 5.74) is 8.09. The third-order valence-electron chi connectivity index (χ3n) is 4.18. The second kappa shape index (κ2) is 3.84. The van der Waals surface area contributed by atoms with Crippen molar-refractivity contribution in [2.45, 2.75) is 57.5 Å². The number of hydrogen-bond donors (Lipinski definition) is 1. The first kappa shape index (κ1) is 10.3. The van der Waals surface area contributed by atoms with Crippen LogP contribution in [-0.2, 0) is 6.54 Å². The maximum atomic E-state index is 5.74. The molecule has 1 heterocycles. The topological polar surface area (TPSA) is 56.7 Å². The van der Waals surface area contributed by atoms with Crippen molar-refractivity contribution < 1.29 is 0 Å². The number of hydrogen-bond acceptors (Lipinski definition) is 3. The van der Waals surface area contributed by atoms with Gasteiger partial charge in [0, 0.05) is 12.5 Å². The van der Waals surface area contributed by atoms with Gasteiger partial charge in [0.1, 0.15) is 0 Å². The Morgan fingerprint density at radius 1 is 1.38 bits per heavy atom. The molecule has 1 aromatic rings. The number of nitrogens with zero attached hydrogens (tertiary/aromatic N) is 3. The summed E-state index contributed by atoms with van der Waals surface area (Å²) >= 11 is 0. The Morgan fingerprint density at radius 2 is 2.12 bits per heavy atom. The van der Waals surface area contributed by atoms with E-state index in [1.54, 1.807) is 0 Å². The lowest BCUT2D eigenvalue weighted by Gasteiger charge is -2.32. The Morgan fingerprint density at radius 3 is 2.62 bits per heavy atom. The van der Waals surface area contributed by atoms with Gasteiger partial charge in [0.15, 0.2) is 0 Å². The lowest BCUT2D eigenvalue weighted by Crippen LogP contribution is -2.25. The molecule has 0 saturated heterocycles. The van der Waals surface area contributed by atoms with Crippen LogP contribution in [0.2, 0.25) is 0 Å². The van der Waals surface area contributed by atoms with Crippen molar-refractivity contribution >= 4 is 0 Å². The van der Waals surface area contributed by atoms with Crippen molar-refractivity contribution in [2.75, 3.05) is 0 Å². The average Bonchev–Trinajstić information content (AvgIpc) is 2.94. The van der Waals surface area contributed by atoms with E-state index in [1.807, 2.05) is 0 Å². The highest BCUT2D eigenvalue weighted by atomic mass is 15.4. The summed E-state index contributed by atoms with van der Waals surface area (Å²) < 4.78 is 2.17. The highest BCUT2D eigenvalue weighted by Gasteiger charge is 2.34. The largest absolute Gasteiger partial charge is 0.325 e. The van der Waals surface area contributed by atoms with E-state index in [2.05, 4.69) is 21.9 Å². The van der Waals surface area contributed by atoms with Gasteiger partial charge < -0.3 is 5.73 Å². The molecule has 0 amide bonds. The Bertz CT molecular complexity index is 376. The van der Waals surface area contributed by atoms with Crippen molar-refractivity contribution in [1.29, 1.82) is 0 Å². The molecule has 2 aliphatic rings. The van der Waals surface area contributed by atoms with Crippen LogP contribution in [0.15, 0.2) is 0 Å². The van der Waals surface area contributed by atoms with E-state index in [4.69, 9.17) is 5.73 Å². The molecular weight excluding hydrogens is 200 g/mol. The molecule has 3 rings (SSSR count). The SMILES string of the molecule is CC(C1CCC1)n1nnc(CN)c1C1CC1. The zero-order valence-corrected chi connectivity index (χ0v) is 9.89. The Kier molecular flexibility index (Phi) is 2.46. The molecule has 2 saturated carbocycles. The lowest BCUT2D eigenvalue weighted by atomic mass is 9.80. The maximum absolute atomic E-state index is 5.74. The predicted octanol–water partition coefficient (Wildman–Crippen LogP) is 1.98. The summed E-state index contributed by atoms with van der Waals surface area (Å²) in [6.45, 7) is 2.81.